The summed E-state index contributed by atoms with van der Waals surface area (Å²) in [6.45, 7) is 4.66. The van der Waals surface area contributed by atoms with Gasteiger partial charge in [0.15, 0.2) is 0 Å². The molecule has 1 heterocycles. The molecule has 4 nitrogen and oxygen atoms in total. The van der Waals surface area contributed by atoms with E-state index < -0.39 is 0 Å². The summed E-state index contributed by atoms with van der Waals surface area (Å²) in [5.41, 5.74) is 6.14. The van der Waals surface area contributed by atoms with Crippen LogP contribution in [0, 0.1) is 17.2 Å². The molecule has 0 bridgehead atoms. The summed E-state index contributed by atoms with van der Waals surface area (Å²) < 4.78 is 5.45. The van der Waals surface area contributed by atoms with Gasteiger partial charge in [0.1, 0.15) is 5.76 Å². The van der Waals surface area contributed by atoms with Crippen LogP contribution in [0.15, 0.2) is 22.8 Å². The first-order valence-electron chi connectivity index (χ1n) is 5.99. The Morgan fingerprint density at radius 3 is 2.76 bits per heavy atom. The number of nitrogens with two attached hydrogens (primary N) is 1. The second-order valence-electron chi connectivity index (χ2n) is 4.50. The van der Waals surface area contributed by atoms with Crippen LogP contribution < -0.4 is 5.73 Å². The third-order valence-corrected chi connectivity index (χ3v) is 2.97. The smallest absolute Gasteiger partial charge is 0.122 e. The second kappa shape index (κ2) is 6.43. The summed E-state index contributed by atoms with van der Waals surface area (Å²) in [5, 5.41) is 8.86. The van der Waals surface area contributed by atoms with Crippen LogP contribution in [0.5, 0.6) is 0 Å². The lowest BCUT2D eigenvalue weighted by atomic mass is 10.0. The van der Waals surface area contributed by atoms with Gasteiger partial charge in [-0.3, -0.25) is 4.90 Å². The number of nitrogens with zero attached hydrogens (tertiary/aromatic N) is 2. The summed E-state index contributed by atoms with van der Waals surface area (Å²) in [4.78, 5) is 2.10. The third-order valence-electron chi connectivity index (χ3n) is 2.97. The Morgan fingerprint density at radius 2 is 2.29 bits per heavy atom. The van der Waals surface area contributed by atoms with Gasteiger partial charge in [0.05, 0.1) is 24.3 Å². The van der Waals surface area contributed by atoms with Crippen molar-refractivity contribution in [2.24, 2.45) is 11.7 Å². The van der Waals surface area contributed by atoms with Crippen LogP contribution in [0.4, 0.5) is 0 Å². The maximum absolute atomic E-state index is 8.86. The quantitative estimate of drug-likeness (QED) is 0.820. The zero-order chi connectivity index (χ0) is 12.8. The van der Waals surface area contributed by atoms with Crippen LogP contribution in [-0.2, 0) is 0 Å². The molecule has 0 aromatic carbocycles. The zero-order valence-corrected chi connectivity index (χ0v) is 10.8. The monoisotopic (exact) mass is 235 g/mol. The van der Waals surface area contributed by atoms with E-state index in [4.69, 9.17) is 15.4 Å². The molecule has 0 amide bonds. The Morgan fingerprint density at radius 1 is 1.59 bits per heavy atom. The molecule has 0 saturated heterocycles. The van der Waals surface area contributed by atoms with Crippen molar-refractivity contribution in [1.29, 1.82) is 5.26 Å². The van der Waals surface area contributed by atoms with E-state index in [1.807, 2.05) is 26.1 Å². The molecular formula is C13H21N3O. The minimum absolute atomic E-state index is 0.0112. The van der Waals surface area contributed by atoms with Gasteiger partial charge in [0.25, 0.3) is 0 Å². The normalized spacial score (nSPS) is 16.5. The second-order valence-corrected chi connectivity index (χ2v) is 4.50. The van der Waals surface area contributed by atoms with Gasteiger partial charge < -0.3 is 10.2 Å². The van der Waals surface area contributed by atoms with Crippen LogP contribution in [0.1, 0.15) is 32.1 Å². The van der Waals surface area contributed by atoms with Crippen molar-refractivity contribution in [2.45, 2.75) is 32.4 Å². The molecule has 0 aliphatic carbocycles. The molecule has 4 heteroatoms. The van der Waals surface area contributed by atoms with E-state index in [0.29, 0.717) is 6.54 Å². The number of hydrogen-bond acceptors (Lipinski definition) is 4. The molecule has 3 atom stereocenters. The predicted octanol–water partition coefficient (Wildman–Crippen LogP) is 2.15. The molecule has 0 aliphatic heterocycles. The number of nitriles is 1. The molecule has 94 valence electrons. The lowest BCUT2D eigenvalue weighted by molar-refractivity contribution is 0.172. The van der Waals surface area contributed by atoms with Gasteiger partial charge in [-0.25, -0.2) is 0 Å². The highest BCUT2D eigenvalue weighted by atomic mass is 16.3. The van der Waals surface area contributed by atoms with Gasteiger partial charge in [0.2, 0.25) is 0 Å². The maximum Gasteiger partial charge on any atom is 0.122 e. The van der Waals surface area contributed by atoms with E-state index in [1.54, 1.807) is 6.26 Å². The zero-order valence-electron chi connectivity index (χ0n) is 10.8. The number of likely N-dealkylation sites (N-methyl/N-ethyl adjacent to an activating group) is 1. The van der Waals surface area contributed by atoms with Gasteiger partial charge in [-0.2, -0.15) is 5.26 Å². The minimum Gasteiger partial charge on any atom is -0.468 e. The average Bonchev–Trinajstić information content (AvgIpc) is 2.82. The summed E-state index contributed by atoms with van der Waals surface area (Å²) in [6, 6.07) is 6.09. The van der Waals surface area contributed by atoms with Gasteiger partial charge in [-0.15, -0.1) is 0 Å². The summed E-state index contributed by atoms with van der Waals surface area (Å²) >= 11 is 0. The highest BCUT2D eigenvalue weighted by molar-refractivity contribution is 5.08. The van der Waals surface area contributed by atoms with E-state index in [9.17, 15) is 0 Å². The molecule has 2 N–H and O–H groups in total. The van der Waals surface area contributed by atoms with Gasteiger partial charge in [-0.05, 0) is 32.5 Å². The van der Waals surface area contributed by atoms with Crippen LogP contribution in [-0.4, -0.2) is 24.5 Å². The van der Waals surface area contributed by atoms with Gasteiger partial charge in [0, 0.05) is 12.6 Å². The Labute approximate surface area is 103 Å². The van der Waals surface area contributed by atoms with Crippen molar-refractivity contribution in [3.05, 3.63) is 24.2 Å². The van der Waals surface area contributed by atoms with Gasteiger partial charge >= 0.3 is 0 Å². The molecule has 1 rings (SSSR count). The number of hydrogen-bond donors (Lipinski definition) is 1. The Balaban J connectivity index is 2.81. The standard InChI is InChI=1S/C13H21N3O/c1-4-11(15)13(12-6-5-7-17-12)16(3)9-10(2)8-14/h5-7,10-11,13H,4,9,15H2,1-3H3. The molecule has 0 aliphatic rings. The Kier molecular flexibility index (Phi) is 5.20. The minimum atomic E-state index is -0.0125. The topological polar surface area (TPSA) is 66.2 Å². The predicted molar refractivity (Wildman–Crippen MR) is 67.1 cm³/mol. The SMILES string of the molecule is CCC(N)C(c1ccco1)N(C)CC(C)C#N. The fourth-order valence-electron chi connectivity index (χ4n) is 2.02. The largest absolute Gasteiger partial charge is 0.468 e. The van der Waals surface area contributed by atoms with Crippen molar-refractivity contribution in [2.75, 3.05) is 13.6 Å². The fraction of sp³-hybridized carbons (Fsp3) is 0.615. The van der Waals surface area contributed by atoms with Gasteiger partial charge in [-0.1, -0.05) is 6.92 Å². The molecule has 0 saturated carbocycles. The van der Waals surface area contributed by atoms with E-state index in [2.05, 4.69) is 17.9 Å². The number of furan rings is 1. The van der Waals surface area contributed by atoms with Crippen LogP contribution in [0.25, 0.3) is 0 Å². The maximum atomic E-state index is 8.86. The van der Waals surface area contributed by atoms with Crippen LogP contribution >= 0.6 is 0 Å². The summed E-state index contributed by atoms with van der Waals surface area (Å²) in [6.07, 6.45) is 2.53. The van der Waals surface area contributed by atoms with Crippen molar-refractivity contribution < 1.29 is 4.42 Å². The first-order chi connectivity index (χ1) is 8.10. The molecule has 3 unspecified atom stereocenters. The van der Waals surface area contributed by atoms with Crippen molar-refractivity contribution >= 4 is 0 Å². The van der Waals surface area contributed by atoms with E-state index in [1.165, 1.54) is 0 Å². The van der Waals surface area contributed by atoms with E-state index >= 15 is 0 Å². The molecular weight excluding hydrogens is 214 g/mol. The molecule has 0 spiro atoms. The number of rotatable bonds is 6. The lowest BCUT2D eigenvalue weighted by Gasteiger charge is -2.31. The fourth-order valence-corrected chi connectivity index (χ4v) is 2.02. The van der Waals surface area contributed by atoms with Crippen molar-refractivity contribution in [1.82, 2.24) is 4.90 Å². The Bertz CT molecular complexity index is 355. The highest BCUT2D eigenvalue weighted by Crippen LogP contribution is 2.24. The molecule has 0 radical (unpaired) electrons. The first kappa shape index (κ1) is 13.8. The highest BCUT2D eigenvalue weighted by Gasteiger charge is 2.26. The van der Waals surface area contributed by atoms with Crippen LogP contribution in [0.3, 0.4) is 0 Å². The summed E-state index contributed by atoms with van der Waals surface area (Å²) in [5.74, 6) is 0.855. The molecule has 1 aromatic rings. The molecule has 0 fully saturated rings. The third kappa shape index (κ3) is 3.58. The summed E-state index contributed by atoms with van der Waals surface area (Å²) in [7, 11) is 1.98. The first-order valence-corrected chi connectivity index (χ1v) is 5.99. The van der Waals surface area contributed by atoms with Crippen LogP contribution in [0.2, 0.25) is 0 Å². The van der Waals surface area contributed by atoms with Crippen molar-refractivity contribution in [3.63, 3.8) is 0 Å². The van der Waals surface area contributed by atoms with Crippen molar-refractivity contribution in [3.8, 4) is 6.07 Å². The Hall–Kier alpha value is -1.31. The van der Waals surface area contributed by atoms with E-state index in [0.717, 1.165) is 12.2 Å². The van der Waals surface area contributed by atoms with E-state index in [-0.39, 0.29) is 18.0 Å². The lowest BCUT2D eigenvalue weighted by Crippen LogP contribution is -2.40. The molecule has 17 heavy (non-hydrogen) atoms. The average molecular weight is 235 g/mol. The molecule has 1 aromatic heterocycles.